The predicted molar refractivity (Wildman–Crippen MR) is 79.2 cm³/mol. The lowest BCUT2D eigenvalue weighted by Gasteiger charge is -2.19. The fraction of sp³-hybridized carbons (Fsp3) is 0.438. The largest absolute Gasteiger partial charge is 0.314 e. The Balaban J connectivity index is 2.10. The molecular formula is C16H23N3. The quantitative estimate of drug-likeness (QED) is 0.862. The highest BCUT2D eigenvalue weighted by Gasteiger charge is 2.14. The molecule has 3 heteroatoms. The van der Waals surface area contributed by atoms with E-state index in [1.165, 1.54) is 5.56 Å². The molecule has 2 rings (SSSR count). The van der Waals surface area contributed by atoms with E-state index in [2.05, 4.69) is 60.7 Å². The minimum atomic E-state index is 0.471. The van der Waals surface area contributed by atoms with Gasteiger partial charge in [-0.25, -0.2) is 0 Å². The van der Waals surface area contributed by atoms with Crippen LogP contribution in [0.25, 0.3) is 0 Å². The van der Waals surface area contributed by atoms with E-state index in [-0.39, 0.29) is 0 Å². The minimum Gasteiger partial charge on any atom is -0.314 e. The lowest BCUT2D eigenvalue weighted by atomic mass is 9.94. The molecule has 1 atom stereocenters. The molecule has 0 aliphatic heterocycles. The Bertz CT molecular complexity index is 488. The first kappa shape index (κ1) is 13.8. The third-order valence-corrected chi connectivity index (χ3v) is 3.27. The van der Waals surface area contributed by atoms with Crippen LogP contribution in [0.5, 0.6) is 0 Å². The highest BCUT2D eigenvalue weighted by Crippen LogP contribution is 2.19. The second-order valence-corrected chi connectivity index (χ2v) is 5.36. The van der Waals surface area contributed by atoms with Crippen molar-refractivity contribution < 1.29 is 0 Å². The molecule has 102 valence electrons. The standard InChI is InChI=1S/C16H23N3/c1-13(2)17-12-15(14-7-5-4-6-8-14)11-16-9-10-19(3)18-16/h4-10,13,15,17H,11-12H2,1-3H3. The van der Waals surface area contributed by atoms with Gasteiger partial charge in [0, 0.05) is 31.7 Å². The molecule has 0 radical (unpaired) electrons. The summed E-state index contributed by atoms with van der Waals surface area (Å²) in [6.45, 7) is 5.35. The van der Waals surface area contributed by atoms with Gasteiger partial charge in [0.1, 0.15) is 0 Å². The van der Waals surface area contributed by atoms with Gasteiger partial charge in [-0.2, -0.15) is 5.10 Å². The molecule has 2 aromatic rings. The van der Waals surface area contributed by atoms with Crippen LogP contribution in [0.15, 0.2) is 42.6 Å². The second-order valence-electron chi connectivity index (χ2n) is 5.36. The Labute approximate surface area is 115 Å². The average molecular weight is 257 g/mol. The van der Waals surface area contributed by atoms with Gasteiger partial charge < -0.3 is 5.32 Å². The van der Waals surface area contributed by atoms with E-state index < -0.39 is 0 Å². The summed E-state index contributed by atoms with van der Waals surface area (Å²) < 4.78 is 1.87. The van der Waals surface area contributed by atoms with E-state index in [0.717, 1.165) is 18.7 Å². The van der Waals surface area contributed by atoms with Crippen LogP contribution in [0.4, 0.5) is 0 Å². The first-order chi connectivity index (χ1) is 9.15. The predicted octanol–water partition coefficient (Wildman–Crippen LogP) is 2.74. The maximum Gasteiger partial charge on any atom is 0.0631 e. The Morgan fingerprint density at radius 1 is 1.16 bits per heavy atom. The molecule has 3 nitrogen and oxygen atoms in total. The number of benzene rings is 1. The molecule has 0 bridgehead atoms. The van der Waals surface area contributed by atoms with Crippen molar-refractivity contribution in [1.29, 1.82) is 0 Å². The average Bonchev–Trinajstić information content (AvgIpc) is 2.81. The van der Waals surface area contributed by atoms with Crippen molar-refractivity contribution in [2.45, 2.75) is 32.2 Å². The Morgan fingerprint density at radius 2 is 1.89 bits per heavy atom. The zero-order valence-electron chi connectivity index (χ0n) is 12.0. The molecule has 0 spiro atoms. The molecular weight excluding hydrogens is 234 g/mol. The van der Waals surface area contributed by atoms with Crippen LogP contribution in [0.1, 0.15) is 31.0 Å². The van der Waals surface area contributed by atoms with E-state index in [4.69, 9.17) is 0 Å². The zero-order valence-corrected chi connectivity index (χ0v) is 12.0. The Morgan fingerprint density at radius 3 is 2.47 bits per heavy atom. The molecule has 1 N–H and O–H groups in total. The number of hydrogen-bond acceptors (Lipinski definition) is 2. The number of aryl methyl sites for hydroxylation is 1. The van der Waals surface area contributed by atoms with Gasteiger partial charge in [-0.15, -0.1) is 0 Å². The number of nitrogens with zero attached hydrogens (tertiary/aromatic N) is 2. The van der Waals surface area contributed by atoms with Gasteiger partial charge in [0.05, 0.1) is 5.69 Å². The minimum absolute atomic E-state index is 0.471. The fourth-order valence-electron chi connectivity index (χ4n) is 2.24. The van der Waals surface area contributed by atoms with Crippen LogP contribution in [-0.4, -0.2) is 22.4 Å². The third kappa shape index (κ3) is 4.21. The second kappa shape index (κ2) is 6.53. The highest BCUT2D eigenvalue weighted by atomic mass is 15.2. The van der Waals surface area contributed by atoms with Crippen molar-refractivity contribution >= 4 is 0 Å². The molecule has 0 aliphatic carbocycles. The third-order valence-electron chi connectivity index (χ3n) is 3.27. The summed E-state index contributed by atoms with van der Waals surface area (Å²) >= 11 is 0. The molecule has 0 saturated heterocycles. The maximum atomic E-state index is 4.49. The fourth-order valence-corrected chi connectivity index (χ4v) is 2.24. The van der Waals surface area contributed by atoms with Crippen LogP contribution >= 0.6 is 0 Å². The van der Waals surface area contributed by atoms with E-state index in [0.29, 0.717) is 12.0 Å². The van der Waals surface area contributed by atoms with E-state index in [1.54, 1.807) is 0 Å². The summed E-state index contributed by atoms with van der Waals surface area (Å²) in [4.78, 5) is 0. The summed E-state index contributed by atoms with van der Waals surface area (Å²) in [6.07, 6.45) is 2.98. The van der Waals surface area contributed by atoms with Crippen LogP contribution in [0.3, 0.4) is 0 Å². The van der Waals surface area contributed by atoms with Gasteiger partial charge in [0.15, 0.2) is 0 Å². The van der Waals surface area contributed by atoms with Crippen molar-refractivity contribution in [3.05, 3.63) is 53.9 Å². The SMILES string of the molecule is CC(C)NCC(Cc1ccn(C)n1)c1ccccc1. The lowest BCUT2D eigenvalue weighted by molar-refractivity contribution is 0.522. The summed E-state index contributed by atoms with van der Waals surface area (Å²) in [7, 11) is 1.97. The molecule has 0 fully saturated rings. The van der Waals surface area contributed by atoms with Crippen LogP contribution in [0, 0.1) is 0 Å². The Kier molecular flexibility index (Phi) is 4.74. The normalized spacial score (nSPS) is 12.8. The first-order valence-electron chi connectivity index (χ1n) is 6.92. The van der Waals surface area contributed by atoms with E-state index >= 15 is 0 Å². The molecule has 1 aromatic carbocycles. The van der Waals surface area contributed by atoms with Crippen molar-refractivity contribution in [1.82, 2.24) is 15.1 Å². The number of hydrogen-bond donors (Lipinski definition) is 1. The molecule has 0 aliphatic rings. The van der Waals surface area contributed by atoms with Crippen LogP contribution < -0.4 is 5.32 Å². The summed E-state index contributed by atoms with van der Waals surface area (Å²) in [6, 6.07) is 13.3. The number of aromatic nitrogens is 2. The van der Waals surface area contributed by atoms with Crippen molar-refractivity contribution in [3.8, 4) is 0 Å². The smallest absolute Gasteiger partial charge is 0.0631 e. The number of rotatable bonds is 6. The van der Waals surface area contributed by atoms with Crippen molar-refractivity contribution in [2.75, 3.05) is 6.54 Å². The first-order valence-corrected chi connectivity index (χ1v) is 6.92. The molecule has 1 heterocycles. The summed E-state index contributed by atoms with van der Waals surface area (Å²) in [5.74, 6) is 0.471. The summed E-state index contributed by atoms with van der Waals surface area (Å²) in [5, 5.41) is 8.03. The zero-order chi connectivity index (χ0) is 13.7. The van der Waals surface area contributed by atoms with Gasteiger partial charge in [-0.05, 0) is 18.1 Å². The topological polar surface area (TPSA) is 29.9 Å². The van der Waals surface area contributed by atoms with E-state index in [1.807, 2.05) is 17.9 Å². The Hall–Kier alpha value is -1.61. The highest BCUT2D eigenvalue weighted by molar-refractivity contribution is 5.22. The van der Waals surface area contributed by atoms with Crippen molar-refractivity contribution in [2.24, 2.45) is 7.05 Å². The van der Waals surface area contributed by atoms with Gasteiger partial charge >= 0.3 is 0 Å². The lowest BCUT2D eigenvalue weighted by Crippen LogP contribution is -2.29. The molecule has 0 saturated carbocycles. The van der Waals surface area contributed by atoms with Gasteiger partial charge in [0.2, 0.25) is 0 Å². The molecule has 19 heavy (non-hydrogen) atoms. The number of nitrogens with one attached hydrogen (secondary N) is 1. The van der Waals surface area contributed by atoms with Crippen molar-refractivity contribution in [3.63, 3.8) is 0 Å². The van der Waals surface area contributed by atoms with Crippen LogP contribution in [-0.2, 0) is 13.5 Å². The van der Waals surface area contributed by atoms with Gasteiger partial charge in [0.25, 0.3) is 0 Å². The maximum absolute atomic E-state index is 4.49. The molecule has 1 unspecified atom stereocenters. The van der Waals surface area contributed by atoms with Gasteiger partial charge in [-0.1, -0.05) is 44.2 Å². The summed E-state index contributed by atoms with van der Waals surface area (Å²) in [5.41, 5.74) is 2.53. The molecule has 1 aromatic heterocycles. The molecule has 0 amide bonds. The monoisotopic (exact) mass is 257 g/mol. The van der Waals surface area contributed by atoms with Crippen LogP contribution in [0.2, 0.25) is 0 Å². The van der Waals surface area contributed by atoms with E-state index in [9.17, 15) is 0 Å². The van der Waals surface area contributed by atoms with Gasteiger partial charge in [-0.3, -0.25) is 4.68 Å².